The van der Waals surface area contributed by atoms with Gasteiger partial charge in [-0.2, -0.15) is 15.0 Å². The minimum absolute atomic E-state index is 0.0745. The van der Waals surface area contributed by atoms with Crippen molar-refractivity contribution < 1.29 is 15.3 Å². The Morgan fingerprint density at radius 1 is 0.450 bits per heavy atom. The van der Waals surface area contributed by atoms with Crippen molar-refractivity contribution in [1.82, 2.24) is 87.6 Å². The SMILES string of the molecule is C=CCn1c(=O)c2cnc(Nc3ccc4c(c3)CN(C)CC4(C)C)nc2n1-c1cccc(C(C)(C)O)n1.C=CCn1c(=O)c2cnc(Nc3ccc4c(c3)CN(C)CC4)nc2n1-c1cccc(C(C)(C)O)n1.C=CCn1c(=O)c2cnc(Nc3ccc4c(c3)CN(C)CC43CC3)nc2n1-c1cccc(C(C)(C)O)n1. The Morgan fingerprint density at radius 2 is 0.807 bits per heavy atom. The van der Waals surface area contributed by atoms with E-state index in [0.717, 1.165) is 62.8 Å². The van der Waals surface area contributed by atoms with E-state index < -0.39 is 16.8 Å². The predicted octanol–water partition coefficient (Wildman–Crippen LogP) is 10.6. The number of aromatic nitrogens is 15. The lowest BCUT2D eigenvalue weighted by Gasteiger charge is -2.38. The number of benzene rings is 3. The van der Waals surface area contributed by atoms with Gasteiger partial charge in [-0.3, -0.25) is 14.4 Å². The normalized spacial score (nSPS) is 15.5. The lowest BCUT2D eigenvalue weighted by Crippen LogP contribution is -2.39. The summed E-state index contributed by atoms with van der Waals surface area (Å²) in [6.45, 7) is 32.6. The number of hydrogen-bond donors (Lipinski definition) is 6. The highest BCUT2D eigenvalue weighted by Crippen LogP contribution is 2.52. The number of aliphatic hydroxyl groups is 3. The molecule has 6 N–H and O–H groups in total. The molecule has 3 aliphatic heterocycles. The summed E-state index contributed by atoms with van der Waals surface area (Å²) >= 11 is 0. The quantitative estimate of drug-likeness (QED) is 0.0435. The van der Waals surface area contributed by atoms with Gasteiger partial charge in [0.05, 0.1) is 36.7 Å². The van der Waals surface area contributed by atoms with Gasteiger partial charge in [-0.25, -0.2) is 58.0 Å². The fraction of sp³-hybridized carbons (Fsp3) is 0.341. The van der Waals surface area contributed by atoms with Crippen molar-refractivity contribution in [2.24, 2.45) is 0 Å². The highest BCUT2D eigenvalue weighted by Gasteiger charge is 2.48. The van der Waals surface area contributed by atoms with Crippen LogP contribution in [0.4, 0.5) is 34.9 Å². The summed E-state index contributed by atoms with van der Waals surface area (Å²) in [6.07, 6.45) is 13.1. The minimum atomic E-state index is -1.14. The summed E-state index contributed by atoms with van der Waals surface area (Å²) in [5.74, 6) is 2.56. The van der Waals surface area contributed by atoms with Crippen LogP contribution >= 0.6 is 0 Å². The second-order valence-electron chi connectivity index (χ2n) is 31.2. The summed E-state index contributed by atoms with van der Waals surface area (Å²) in [6, 6.07) is 35.2. The number of nitrogens with zero attached hydrogens (tertiary/aromatic N) is 18. The van der Waals surface area contributed by atoms with E-state index in [1.54, 1.807) is 135 Å². The molecule has 0 saturated heterocycles. The average Bonchev–Trinajstić information content (AvgIpc) is 1.60. The molecule has 16 rings (SSSR count). The molecule has 12 aromatic rings. The summed E-state index contributed by atoms with van der Waals surface area (Å²) in [4.78, 5) is 88.0. The Labute approximate surface area is 630 Å². The molecule has 1 fully saturated rings. The largest absolute Gasteiger partial charge is 0.384 e. The standard InChI is InChI=1S/C28H31N7O2.C28H33N7O2.C26H29N7O2/c1-5-13-34-25(36)20-15-29-26(32-24(20)35(34)23-8-6-7-22(31-23)27(2,3)37)30-19-9-10-21-18(14-19)16-33(4)17-28(21)11-12-28;1-7-13-34-25(36)20-15-29-26(30-19-11-12-21-18(14-19)16-33(6)17-27(21,2)3)32-24(20)35(34)23-10-8-9-22(31-23)28(4,5)37;1-5-12-32-24(34)20-15-27-25(28-19-10-9-17-11-13-31(4)16-18(17)14-19)30-23(20)33(32)22-8-6-7-21(29-22)26(2,3)35/h5-10,14-15,37H,1,11-13,16-17H2,2-4H3,(H,29,30,32);7-12,14-15,37H,1,13,16-17H2,2-6H3,(H,29,30,32);5-10,14-15,35H,1,11-13,16H2,2-4H3,(H,27,28,30). The smallest absolute Gasteiger partial charge is 0.278 e. The summed E-state index contributed by atoms with van der Waals surface area (Å²) in [5.41, 5.74) is 9.75. The van der Waals surface area contributed by atoms with E-state index in [-0.39, 0.29) is 41.7 Å². The zero-order valence-electron chi connectivity index (χ0n) is 63.6. The number of pyridine rings is 3. The zero-order chi connectivity index (χ0) is 77.2. The third-order valence-corrected chi connectivity index (χ3v) is 20.3. The van der Waals surface area contributed by atoms with Crippen molar-refractivity contribution in [3.05, 3.63) is 247 Å². The molecule has 9 aromatic heterocycles. The number of hydrogen-bond acceptors (Lipinski definition) is 21. The Hall–Kier alpha value is -11.5. The van der Waals surface area contributed by atoms with Crippen molar-refractivity contribution in [2.75, 3.05) is 56.7 Å². The first-order valence-electron chi connectivity index (χ1n) is 36.6. The van der Waals surface area contributed by atoms with Gasteiger partial charge in [0.15, 0.2) is 34.4 Å². The molecule has 1 saturated carbocycles. The molecule has 0 radical (unpaired) electrons. The van der Waals surface area contributed by atoms with Crippen molar-refractivity contribution in [3.8, 4) is 17.5 Å². The van der Waals surface area contributed by atoms with Gasteiger partial charge in [-0.05, 0) is 188 Å². The Kier molecular flexibility index (Phi) is 19.7. The average molecular weight is 1470 g/mol. The maximum absolute atomic E-state index is 13.2. The Morgan fingerprint density at radius 3 is 1.19 bits per heavy atom. The molecule has 3 aromatic carbocycles. The number of fused-ring (bicyclic) bond motifs is 7. The van der Waals surface area contributed by atoms with Gasteiger partial charge in [-0.1, -0.05) is 68.5 Å². The Balaban J connectivity index is 0.000000137. The van der Waals surface area contributed by atoms with Crippen LogP contribution in [0, 0.1) is 0 Å². The van der Waals surface area contributed by atoms with Crippen molar-refractivity contribution >= 4 is 68.0 Å². The van der Waals surface area contributed by atoms with Gasteiger partial charge >= 0.3 is 0 Å². The molecule has 109 heavy (non-hydrogen) atoms. The van der Waals surface area contributed by atoms with E-state index in [9.17, 15) is 29.7 Å². The van der Waals surface area contributed by atoms with Crippen LogP contribution in [0.5, 0.6) is 0 Å². The molecule has 0 unspecified atom stereocenters. The van der Waals surface area contributed by atoms with Crippen LogP contribution in [0.1, 0.15) is 119 Å². The van der Waals surface area contributed by atoms with Gasteiger partial charge in [0, 0.05) is 85.8 Å². The van der Waals surface area contributed by atoms with Crippen molar-refractivity contribution in [3.63, 3.8) is 0 Å². The second kappa shape index (κ2) is 28.9. The van der Waals surface area contributed by atoms with Crippen LogP contribution in [0.25, 0.3) is 50.6 Å². The summed E-state index contributed by atoms with van der Waals surface area (Å²) in [5, 5.41) is 42.5. The summed E-state index contributed by atoms with van der Waals surface area (Å²) < 4.78 is 9.54. The van der Waals surface area contributed by atoms with Crippen molar-refractivity contribution in [2.45, 2.75) is 142 Å². The molecule has 0 bridgehead atoms. The number of allylic oxidation sites excluding steroid dienone is 3. The number of rotatable bonds is 18. The van der Waals surface area contributed by atoms with Gasteiger partial charge in [0.2, 0.25) is 17.8 Å². The lowest BCUT2D eigenvalue weighted by atomic mass is 9.78. The van der Waals surface area contributed by atoms with Crippen LogP contribution in [0.15, 0.2) is 180 Å². The molecule has 0 amide bonds. The number of likely N-dealkylation sites (N-methyl/N-ethyl adjacent to an activating group) is 3. The first-order valence-corrected chi connectivity index (χ1v) is 36.6. The molecule has 4 aliphatic rings. The number of nitrogens with one attached hydrogen (secondary N) is 3. The highest BCUT2D eigenvalue weighted by atomic mass is 16.3. The molecule has 27 nitrogen and oxygen atoms in total. The molecular weight excluding hydrogens is 1380 g/mol. The van der Waals surface area contributed by atoms with Crippen LogP contribution in [-0.4, -0.2) is 144 Å². The molecular formula is C82H93N21O6. The maximum Gasteiger partial charge on any atom is 0.278 e. The second-order valence-corrected chi connectivity index (χ2v) is 31.2. The molecule has 1 spiro atoms. The van der Waals surface area contributed by atoms with Crippen LogP contribution < -0.4 is 32.6 Å². The first kappa shape index (κ1) is 74.4. The predicted molar refractivity (Wildman–Crippen MR) is 425 cm³/mol. The van der Waals surface area contributed by atoms with Gasteiger partial charge < -0.3 is 46.0 Å². The van der Waals surface area contributed by atoms with Gasteiger partial charge in [0.25, 0.3) is 16.7 Å². The van der Waals surface area contributed by atoms with E-state index in [4.69, 9.17) is 15.0 Å². The first-order chi connectivity index (χ1) is 51.9. The van der Waals surface area contributed by atoms with Gasteiger partial charge in [0.1, 0.15) is 33.0 Å². The van der Waals surface area contributed by atoms with Crippen LogP contribution in [0.3, 0.4) is 0 Å². The topological polar surface area (TPSA) is 303 Å². The fourth-order valence-electron chi connectivity index (χ4n) is 15.1. The monoisotopic (exact) mass is 1470 g/mol. The Bertz CT molecular complexity index is 5510. The molecule has 0 atom stereocenters. The highest BCUT2D eigenvalue weighted by molar-refractivity contribution is 5.79. The third-order valence-electron chi connectivity index (χ3n) is 20.3. The van der Waals surface area contributed by atoms with Crippen LogP contribution in [0.2, 0.25) is 0 Å². The number of anilines is 6. The molecule has 1 aliphatic carbocycles. The minimum Gasteiger partial charge on any atom is -0.384 e. The fourth-order valence-corrected chi connectivity index (χ4v) is 15.1. The van der Waals surface area contributed by atoms with E-state index >= 15 is 0 Å². The van der Waals surface area contributed by atoms with Gasteiger partial charge in [-0.15, -0.1) is 19.7 Å². The zero-order valence-corrected chi connectivity index (χ0v) is 63.6. The molecule has 27 heteroatoms. The van der Waals surface area contributed by atoms with E-state index in [1.807, 2.05) is 12.1 Å². The maximum atomic E-state index is 13.2. The van der Waals surface area contributed by atoms with E-state index in [1.165, 1.54) is 72.7 Å². The summed E-state index contributed by atoms with van der Waals surface area (Å²) in [7, 11) is 6.43. The third kappa shape index (κ3) is 15.0. The molecule has 12 heterocycles. The van der Waals surface area contributed by atoms with E-state index in [0.29, 0.717) is 90.9 Å². The van der Waals surface area contributed by atoms with Crippen LogP contribution in [-0.2, 0) is 73.3 Å². The molecule has 562 valence electrons. The lowest BCUT2D eigenvalue weighted by molar-refractivity contribution is 0.0733. The van der Waals surface area contributed by atoms with Crippen molar-refractivity contribution in [1.29, 1.82) is 0 Å². The van der Waals surface area contributed by atoms with E-state index in [2.05, 4.69) is 158 Å².